The number of phenolic OH excluding ortho intramolecular Hbond substituents is 2. The lowest BCUT2D eigenvalue weighted by molar-refractivity contribution is -0.231. The third-order valence-electron chi connectivity index (χ3n) is 15.9. The Labute approximate surface area is 461 Å². The summed E-state index contributed by atoms with van der Waals surface area (Å²) in [6.45, 7) is 31.0. The van der Waals surface area contributed by atoms with Gasteiger partial charge in [0.25, 0.3) is 0 Å². The zero-order valence-electron chi connectivity index (χ0n) is 42.5. The molecule has 0 radical (unpaired) electrons. The average molecular weight is 1130 g/mol. The molecule has 8 nitrogen and oxygen atoms in total. The molecule has 2 aromatic carbocycles. The summed E-state index contributed by atoms with van der Waals surface area (Å²) in [5, 5.41) is 18.5. The summed E-state index contributed by atoms with van der Waals surface area (Å²) in [6.07, 6.45) is 14.6. The Bertz CT molecular complexity index is 1780. The van der Waals surface area contributed by atoms with Crippen LogP contribution in [0.5, 0.6) is 17.2 Å². The van der Waals surface area contributed by atoms with E-state index >= 15 is 0 Å². The molecule has 5 aliphatic carbocycles. The Hall–Kier alpha value is -2.82. The summed E-state index contributed by atoms with van der Waals surface area (Å²) in [6, 6.07) is 12.3. The second-order valence-corrected chi connectivity index (χ2v) is 23.2. The first kappa shape index (κ1) is 80.6. The van der Waals surface area contributed by atoms with Gasteiger partial charge in [0.2, 0.25) is 0 Å². The lowest BCUT2D eigenvalue weighted by atomic mass is 9.47. The minimum absolute atomic E-state index is 0. The lowest BCUT2D eigenvalue weighted by Crippen LogP contribution is -2.63. The van der Waals surface area contributed by atoms with Crippen LogP contribution in [0.25, 0.3) is 0 Å². The zero-order chi connectivity index (χ0) is 48.4. The molecule has 72 heavy (non-hydrogen) atoms. The van der Waals surface area contributed by atoms with Crippen molar-refractivity contribution in [3.05, 3.63) is 51.6 Å². The van der Waals surface area contributed by atoms with Gasteiger partial charge in [-0.3, -0.25) is 14.4 Å². The number of halogens is 1. The smallest absolute Gasteiger partial charge is 0.316 e. The van der Waals surface area contributed by atoms with Crippen LogP contribution in [-0.2, 0) is 23.9 Å². The zero-order valence-corrected chi connectivity index (χ0v) is 44.7. The van der Waals surface area contributed by atoms with Gasteiger partial charge in [-0.15, -0.1) is 0 Å². The molecule has 9 heteroatoms. The molecule has 426 valence electrons. The van der Waals surface area contributed by atoms with Gasteiger partial charge in [0.1, 0.15) is 28.5 Å². The number of benzene rings is 2. The molecular formula is C63H119IO8. The average Bonchev–Trinajstić information content (AvgIpc) is 3.74. The maximum atomic E-state index is 12.8. The van der Waals surface area contributed by atoms with Gasteiger partial charge in [0, 0.05) is 0 Å². The number of hydrogen-bond donors (Lipinski definition) is 2. The molecule has 2 N–H and O–H groups in total. The van der Waals surface area contributed by atoms with Gasteiger partial charge in [0.05, 0.1) is 19.8 Å². The molecule has 5 fully saturated rings. The minimum atomic E-state index is -0.505. The minimum Gasteiger partial charge on any atom is -0.508 e. The highest BCUT2D eigenvalue weighted by Crippen LogP contribution is 2.62. The van der Waals surface area contributed by atoms with Crippen molar-refractivity contribution in [2.24, 2.45) is 51.8 Å². The molecule has 0 heterocycles. The van der Waals surface area contributed by atoms with Crippen LogP contribution >= 0.6 is 22.6 Å². The van der Waals surface area contributed by atoms with Crippen molar-refractivity contribution < 1.29 is 38.8 Å². The highest BCUT2D eigenvalue weighted by Gasteiger charge is 2.61. The number of rotatable bonds is 13. The molecule has 0 amide bonds. The third-order valence-corrected chi connectivity index (χ3v) is 17.0. The summed E-state index contributed by atoms with van der Waals surface area (Å²) in [7, 11) is 0. The Morgan fingerprint density at radius 1 is 0.597 bits per heavy atom. The lowest BCUT2D eigenvalue weighted by Gasteiger charge is -2.62. The Balaban J connectivity index is -0.000000198. The number of ether oxygens (including phenoxy) is 3. The van der Waals surface area contributed by atoms with E-state index in [1.165, 1.54) is 50.5 Å². The van der Waals surface area contributed by atoms with Crippen molar-refractivity contribution in [3.8, 4) is 17.2 Å². The molecule has 0 spiro atoms. The first-order valence-corrected chi connectivity index (χ1v) is 25.8. The Morgan fingerprint density at radius 2 is 1.00 bits per heavy atom. The Kier molecular flexibility index (Phi) is 38.0. The van der Waals surface area contributed by atoms with E-state index in [4.69, 9.17) is 19.3 Å². The molecule has 2 aromatic rings. The van der Waals surface area contributed by atoms with Crippen molar-refractivity contribution in [1.82, 2.24) is 0 Å². The molecular weight excluding hydrogens is 1010 g/mol. The summed E-state index contributed by atoms with van der Waals surface area (Å²) in [4.78, 5) is 36.7. The van der Waals surface area contributed by atoms with Crippen molar-refractivity contribution in [2.45, 2.75) is 264 Å². The van der Waals surface area contributed by atoms with Crippen LogP contribution in [0, 0.1) is 55.3 Å². The fraction of sp³-hybridized carbons (Fsp3) is 0.762. The van der Waals surface area contributed by atoms with Gasteiger partial charge in [-0.05, 0) is 219 Å². The molecule has 1 unspecified atom stereocenters. The van der Waals surface area contributed by atoms with Crippen molar-refractivity contribution in [2.75, 3.05) is 0 Å². The molecule has 0 aromatic heterocycles. The van der Waals surface area contributed by atoms with E-state index in [0.29, 0.717) is 51.1 Å². The topological polar surface area (TPSA) is 119 Å². The quantitative estimate of drug-likeness (QED) is 0.116. The number of aromatic hydroxyl groups is 2. The van der Waals surface area contributed by atoms with Crippen molar-refractivity contribution in [1.29, 1.82) is 0 Å². The molecule has 7 rings (SSSR count). The van der Waals surface area contributed by atoms with Crippen LogP contribution in [0.15, 0.2) is 42.5 Å². The fourth-order valence-corrected chi connectivity index (χ4v) is 10.3. The highest BCUT2D eigenvalue weighted by molar-refractivity contribution is 14.1. The number of carbonyl (C=O) groups excluding carboxylic acids is 3. The van der Waals surface area contributed by atoms with Crippen molar-refractivity contribution in [3.63, 3.8) is 0 Å². The van der Waals surface area contributed by atoms with Gasteiger partial charge in [-0.2, -0.15) is 0 Å². The van der Waals surface area contributed by atoms with Gasteiger partial charge >= 0.3 is 17.9 Å². The van der Waals surface area contributed by atoms with E-state index in [0.717, 1.165) is 43.9 Å². The van der Waals surface area contributed by atoms with Crippen molar-refractivity contribution >= 4 is 40.5 Å². The van der Waals surface area contributed by atoms with Crippen LogP contribution in [0.4, 0.5) is 0 Å². The number of phenols is 2. The molecule has 5 saturated carbocycles. The van der Waals surface area contributed by atoms with E-state index in [9.17, 15) is 19.5 Å². The van der Waals surface area contributed by atoms with Crippen LogP contribution in [0.2, 0.25) is 0 Å². The van der Waals surface area contributed by atoms with E-state index < -0.39 is 5.41 Å². The number of carbonyl (C=O) groups is 3. The maximum absolute atomic E-state index is 12.8. The normalized spacial score (nSPS) is 21.1. The number of hydrogen-bond acceptors (Lipinski definition) is 8. The third kappa shape index (κ3) is 20.0. The highest BCUT2D eigenvalue weighted by atomic mass is 127. The summed E-state index contributed by atoms with van der Waals surface area (Å²) in [5.74, 6) is 5.12. The summed E-state index contributed by atoms with van der Waals surface area (Å²) < 4.78 is 18.1. The van der Waals surface area contributed by atoms with Gasteiger partial charge in [-0.1, -0.05) is 140 Å². The standard InChI is InChI=1S/C19H32O2.C14H26O2.C12H15IO3.C10H14O.8CH4/c1-6-18(4,5)17(20)21-19(12(2)3)15-8-13-7-14(10-15)11-16(19)9-13;1-6-13(4,5)12(15)16-14(11(2)3)9-7-8-10-14;1-4-12(2,3)11(15)16-9-7-5-6-8(14)10(9)13;1-3-8(2)9-4-6-10(11)7-5-9;;;;;;;;/h12-16H,6-11H2,1-5H3;11H,6-10H2,1-5H3;5-7,14H,4H2,1-3H3;4-8,11H,3H2,1-2H3;8*1H4. The summed E-state index contributed by atoms with van der Waals surface area (Å²) >= 11 is 1.95. The fourth-order valence-electron chi connectivity index (χ4n) is 9.83. The van der Waals surface area contributed by atoms with Gasteiger partial charge in [0.15, 0.2) is 0 Å². The van der Waals surface area contributed by atoms with Gasteiger partial charge in [-0.25, -0.2) is 0 Å². The predicted octanol–water partition coefficient (Wildman–Crippen LogP) is 20.1. The second-order valence-electron chi connectivity index (χ2n) is 22.1. The first-order valence-electron chi connectivity index (χ1n) is 24.7. The van der Waals surface area contributed by atoms with Crippen LogP contribution < -0.4 is 4.74 Å². The second kappa shape index (κ2) is 34.0. The Morgan fingerprint density at radius 3 is 1.38 bits per heavy atom. The SMILES string of the molecule is C.C.C.C.C.C.C.C.CCC(C)(C)C(=O)OC1(C(C)C)C2CC3CC(C2)CC1C3.CCC(C)(C)C(=O)OC1(C(C)C)CCCC1.CCC(C)(C)C(=O)Oc1cccc(O)c1I.CCC(C)c1ccc(O)cc1. The van der Waals surface area contributed by atoms with Crippen LogP contribution in [0.1, 0.15) is 258 Å². The molecule has 5 aliphatic rings. The molecule has 0 saturated heterocycles. The monoisotopic (exact) mass is 1130 g/mol. The van der Waals surface area contributed by atoms with E-state index in [2.05, 4.69) is 48.5 Å². The maximum Gasteiger partial charge on any atom is 0.316 e. The molecule has 0 aliphatic heterocycles. The number of esters is 3. The van der Waals surface area contributed by atoms with Crippen LogP contribution in [0.3, 0.4) is 0 Å². The van der Waals surface area contributed by atoms with E-state index in [-0.39, 0.29) is 105 Å². The first-order chi connectivity index (χ1) is 29.7. The van der Waals surface area contributed by atoms with Gasteiger partial charge < -0.3 is 24.4 Å². The summed E-state index contributed by atoms with van der Waals surface area (Å²) in [5.41, 5.74) is -0.249. The van der Waals surface area contributed by atoms with E-state index in [1.807, 2.05) is 90.1 Å². The van der Waals surface area contributed by atoms with Crippen LogP contribution in [-0.4, -0.2) is 39.3 Å². The molecule has 4 bridgehead atoms. The predicted molar refractivity (Wildman–Crippen MR) is 322 cm³/mol. The molecule has 1 atom stereocenters. The largest absolute Gasteiger partial charge is 0.508 e. The van der Waals surface area contributed by atoms with E-state index in [1.54, 1.807) is 30.3 Å².